The van der Waals surface area contributed by atoms with Crippen LogP contribution < -0.4 is 5.73 Å². The number of rotatable bonds is 3. The van der Waals surface area contributed by atoms with Crippen molar-refractivity contribution in [3.05, 3.63) is 33.5 Å². The normalized spacial score (nSPS) is 12.9. The lowest BCUT2D eigenvalue weighted by atomic mass is 10.0. The van der Waals surface area contributed by atoms with Crippen LogP contribution in [-0.2, 0) is 0 Å². The summed E-state index contributed by atoms with van der Waals surface area (Å²) in [6.07, 6.45) is 0.146. The molecule has 0 spiro atoms. The highest BCUT2D eigenvalue weighted by Crippen LogP contribution is 2.25. The van der Waals surface area contributed by atoms with Crippen molar-refractivity contribution < 1.29 is 8.78 Å². The predicted molar refractivity (Wildman–Crippen MR) is 56.4 cm³/mol. The maximum absolute atomic E-state index is 13.5. The third kappa shape index (κ3) is 2.51. The quantitative estimate of drug-likeness (QED) is 0.890. The largest absolute Gasteiger partial charge is 0.324 e. The predicted octanol–water partition coefficient (Wildman–Crippen LogP) is 3.26. The Hall–Kier alpha value is -0.480. The lowest BCUT2D eigenvalue weighted by molar-refractivity contribution is 0.434. The monoisotopic (exact) mass is 263 g/mol. The Morgan fingerprint density at radius 2 is 2.14 bits per heavy atom. The van der Waals surface area contributed by atoms with E-state index in [1.807, 2.05) is 0 Å². The maximum Gasteiger partial charge on any atom is 0.130 e. The van der Waals surface area contributed by atoms with Crippen LogP contribution in [0.15, 0.2) is 16.6 Å². The number of aryl methyl sites for hydroxylation is 1. The van der Waals surface area contributed by atoms with Gasteiger partial charge in [-0.1, -0.05) is 15.9 Å². The van der Waals surface area contributed by atoms with Gasteiger partial charge in [0.2, 0.25) is 0 Å². The first kappa shape index (κ1) is 11.6. The Bertz CT molecular complexity index is 328. The first-order valence-corrected chi connectivity index (χ1v) is 5.12. The van der Waals surface area contributed by atoms with Gasteiger partial charge in [-0.05, 0) is 31.0 Å². The molecule has 0 radical (unpaired) electrons. The zero-order valence-corrected chi connectivity index (χ0v) is 9.44. The van der Waals surface area contributed by atoms with Crippen LogP contribution in [0.2, 0.25) is 0 Å². The number of nitrogens with two attached hydrogens (primary N) is 1. The molecule has 0 unspecified atom stereocenters. The molecule has 1 atom stereocenters. The van der Waals surface area contributed by atoms with E-state index < -0.39 is 12.7 Å². The van der Waals surface area contributed by atoms with Crippen LogP contribution >= 0.6 is 15.9 Å². The highest BCUT2D eigenvalue weighted by atomic mass is 79.9. The van der Waals surface area contributed by atoms with Gasteiger partial charge in [0.05, 0.1) is 6.67 Å². The summed E-state index contributed by atoms with van der Waals surface area (Å²) in [6, 6.07) is 2.69. The molecule has 0 heterocycles. The van der Waals surface area contributed by atoms with Crippen molar-refractivity contribution in [2.75, 3.05) is 6.67 Å². The Kier molecular flexibility index (Phi) is 4.01. The molecule has 0 aromatic heterocycles. The molecule has 78 valence electrons. The highest BCUT2D eigenvalue weighted by Gasteiger charge is 2.13. The van der Waals surface area contributed by atoms with Crippen LogP contribution in [0, 0.1) is 12.7 Å². The summed E-state index contributed by atoms with van der Waals surface area (Å²) in [5.41, 5.74) is 6.53. The van der Waals surface area contributed by atoms with Crippen molar-refractivity contribution in [2.45, 2.75) is 19.4 Å². The van der Waals surface area contributed by atoms with E-state index in [9.17, 15) is 8.78 Å². The molecule has 2 N–H and O–H groups in total. The molecule has 0 saturated heterocycles. The first-order valence-electron chi connectivity index (χ1n) is 4.33. The average Bonchev–Trinajstić information content (AvgIpc) is 2.11. The minimum atomic E-state index is -0.573. The average molecular weight is 264 g/mol. The highest BCUT2D eigenvalue weighted by molar-refractivity contribution is 9.10. The molecular formula is C10H12BrF2N. The fourth-order valence-corrected chi connectivity index (χ4v) is 1.88. The van der Waals surface area contributed by atoms with Gasteiger partial charge in [-0.25, -0.2) is 4.39 Å². The fourth-order valence-electron chi connectivity index (χ4n) is 1.29. The molecule has 0 bridgehead atoms. The van der Waals surface area contributed by atoms with Crippen LogP contribution in [0.3, 0.4) is 0 Å². The van der Waals surface area contributed by atoms with Crippen molar-refractivity contribution in [1.82, 2.24) is 0 Å². The van der Waals surface area contributed by atoms with Crippen molar-refractivity contribution in [1.29, 1.82) is 0 Å². The minimum Gasteiger partial charge on any atom is -0.324 e. The third-order valence-electron chi connectivity index (χ3n) is 2.07. The molecule has 0 amide bonds. The van der Waals surface area contributed by atoms with E-state index in [1.54, 1.807) is 19.1 Å². The smallest absolute Gasteiger partial charge is 0.130 e. The summed E-state index contributed by atoms with van der Waals surface area (Å²) >= 11 is 3.25. The van der Waals surface area contributed by atoms with Gasteiger partial charge < -0.3 is 5.73 Å². The third-order valence-corrected chi connectivity index (χ3v) is 2.52. The number of halogens is 3. The Morgan fingerprint density at radius 3 is 2.71 bits per heavy atom. The van der Waals surface area contributed by atoms with E-state index in [0.29, 0.717) is 11.1 Å². The second-order valence-electron chi connectivity index (χ2n) is 3.21. The number of alkyl halides is 1. The fraction of sp³-hybridized carbons (Fsp3) is 0.400. The van der Waals surface area contributed by atoms with Crippen LogP contribution in [0.1, 0.15) is 23.6 Å². The Morgan fingerprint density at radius 1 is 1.50 bits per heavy atom. The van der Waals surface area contributed by atoms with E-state index in [4.69, 9.17) is 5.73 Å². The van der Waals surface area contributed by atoms with E-state index in [-0.39, 0.29) is 12.2 Å². The van der Waals surface area contributed by atoms with Crippen LogP contribution in [0.5, 0.6) is 0 Å². The molecule has 0 fully saturated rings. The van der Waals surface area contributed by atoms with Gasteiger partial charge in [-0.2, -0.15) is 0 Å². The molecule has 1 rings (SSSR count). The van der Waals surface area contributed by atoms with E-state index >= 15 is 0 Å². The van der Waals surface area contributed by atoms with Crippen molar-refractivity contribution in [3.8, 4) is 0 Å². The van der Waals surface area contributed by atoms with Gasteiger partial charge in [0.15, 0.2) is 0 Å². The minimum absolute atomic E-state index is 0.146. The Labute approximate surface area is 90.4 Å². The summed E-state index contributed by atoms with van der Waals surface area (Å²) in [5.74, 6) is -0.339. The van der Waals surface area contributed by atoms with Crippen LogP contribution in [0.4, 0.5) is 8.78 Å². The molecule has 0 aliphatic rings. The number of hydrogen-bond acceptors (Lipinski definition) is 1. The van der Waals surface area contributed by atoms with E-state index in [0.717, 1.165) is 4.47 Å². The summed E-state index contributed by atoms with van der Waals surface area (Å²) < 4.78 is 26.3. The van der Waals surface area contributed by atoms with Gasteiger partial charge in [-0.3, -0.25) is 4.39 Å². The standard InChI is InChI=1S/C10H12BrF2N/c1-6-4-7(11)5-8(10(6)13)9(14)2-3-12/h4-5,9H,2-3,14H2,1H3/t9-/m1/s1. The zero-order chi connectivity index (χ0) is 10.7. The second kappa shape index (κ2) is 4.84. The molecule has 1 aromatic rings. The second-order valence-corrected chi connectivity index (χ2v) is 4.13. The molecule has 4 heteroatoms. The summed E-state index contributed by atoms with van der Waals surface area (Å²) in [6.45, 7) is 1.12. The molecule has 0 saturated carbocycles. The SMILES string of the molecule is Cc1cc(Br)cc([C@H](N)CCF)c1F. The molecule has 1 nitrogen and oxygen atoms in total. The van der Waals surface area contributed by atoms with Crippen molar-refractivity contribution >= 4 is 15.9 Å². The van der Waals surface area contributed by atoms with Crippen LogP contribution in [-0.4, -0.2) is 6.67 Å². The van der Waals surface area contributed by atoms with Crippen molar-refractivity contribution in [2.24, 2.45) is 5.73 Å². The summed E-state index contributed by atoms with van der Waals surface area (Å²) in [7, 11) is 0. The van der Waals surface area contributed by atoms with E-state index in [2.05, 4.69) is 15.9 Å². The van der Waals surface area contributed by atoms with Gasteiger partial charge >= 0.3 is 0 Å². The van der Waals surface area contributed by atoms with Gasteiger partial charge in [0.1, 0.15) is 5.82 Å². The molecule has 14 heavy (non-hydrogen) atoms. The number of benzene rings is 1. The molecule has 1 aromatic carbocycles. The van der Waals surface area contributed by atoms with Gasteiger partial charge in [-0.15, -0.1) is 0 Å². The van der Waals surface area contributed by atoms with Crippen LogP contribution in [0.25, 0.3) is 0 Å². The summed E-state index contributed by atoms with van der Waals surface area (Å²) in [4.78, 5) is 0. The summed E-state index contributed by atoms with van der Waals surface area (Å²) in [5, 5.41) is 0. The lowest BCUT2D eigenvalue weighted by Gasteiger charge is -2.13. The molecule has 0 aliphatic carbocycles. The lowest BCUT2D eigenvalue weighted by Crippen LogP contribution is -2.13. The zero-order valence-electron chi connectivity index (χ0n) is 7.86. The molecule has 0 aliphatic heterocycles. The van der Waals surface area contributed by atoms with E-state index in [1.165, 1.54) is 0 Å². The van der Waals surface area contributed by atoms with Gasteiger partial charge in [0, 0.05) is 16.1 Å². The molecular weight excluding hydrogens is 252 g/mol. The van der Waals surface area contributed by atoms with Crippen molar-refractivity contribution in [3.63, 3.8) is 0 Å². The van der Waals surface area contributed by atoms with Gasteiger partial charge in [0.25, 0.3) is 0 Å². The topological polar surface area (TPSA) is 26.0 Å². The number of hydrogen-bond donors (Lipinski definition) is 1. The maximum atomic E-state index is 13.5. The Balaban J connectivity index is 3.07. The first-order chi connectivity index (χ1) is 6.56.